The molecule has 16 heavy (non-hydrogen) atoms. The molecule has 0 spiro atoms. The van der Waals surface area contributed by atoms with Gasteiger partial charge in [0, 0.05) is 7.05 Å². The summed E-state index contributed by atoms with van der Waals surface area (Å²) in [7, 11) is 1.59. The van der Waals surface area contributed by atoms with E-state index in [4.69, 9.17) is 5.11 Å². The highest BCUT2D eigenvalue weighted by Gasteiger charge is 2.32. The van der Waals surface area contributed by atoms with Gasteiger partial charge in [0.2, 0.25) is 0 Å². The van der Waals surface area contributed by atoms with E-state index in [2.05, 4.69) is 4.98 Å². The number of anilines is 1. The Morgan fingerprint density at radius 2 is 2.06 bits per heavy atom. The van der Waals surface area contributed by atoms with Gasteiger partial charge in [-0.25, -0.2) is 4.98 Å². The lowest BCUT2D eigenvalue weighted by atomic mass is 10.3. The molecule has 0 aromatic carbocycles. The summed E-state index contributed by atoms with van der Waals surface area (Å²) in [5, 5.41) is 8.90. The third-order valence-electron chi connectivity index (χ3n) is 2.31. The summed E-state index contributed by atoms with van der Waals surface area (Å²) in [6.45, 7) is 1.55. The quantitative estimate of drug-likeness (QED) is 0.868. The Morgan fingerprint density at radius 1 is 1.44 bits per heavy atom. The van der Waals surface area contributed by atoms with E-state index in [-0.39, 0.29) is 18.5 Å². The molecule has 0 fully saturated rings. The molecule has 1 heterocycles. The lowest BCUT2D eigenvalue weighted by Gasteiger charge is -2.24. The highest BCUT2D eigenvalue weighted by molar-refractivity contribution is 5.39. The van der Waals surface area contributed by atoms with E-state index < -0.39 is 11.9 Å². The lowest BCUT2D eigenvalue weighted by Crippen LogP contribution is -2.32. The van der Waals surface area contributed by atoms with Crippen LogP contribution in [0.1, 0.15) is 12.6 Å². The molecule has 1 N–H and O–H groups in total. The molecule has 1 atom stereocenters. The van der Waals surface area contributed by atoms with Crippen LogP contribution in [-0.4, -0.2) is 29.8 Å². The van der Waals surface area contributed by atoms with Gasteiger partial charge in [0.25, 0.3) is 0 Å². The largest absolute Gasteiger partial charge is 0.433 e. The molecular formula is C10H13F3N2O. The number of aliphatic hydroxyl groups excluding tert-OH is 1. The Hall–Kier alpha value is -1.30. The molecule has 1 rings (SSSR count). The van der Waals surface area contributed by atoms with E-state index in [1.807, 2.05) is 0 Å². The van der Waals surface area contributed by atoms with Crippen molar-refractivity contribution in [3.63, 3.8) is 0 Å². The van der Waals surface area contributed by atoms with Gasteiger partial charge in [-0.1, -0.05) is 6.07 Å². The molecule has 90 valence electrons. The highest BCUT2D eigenvalue weighted by Crippen LogP contribution is 2.28. The van der Waals surface area contributed by atoms with Crippen molar-refractivity contribution in [1.82, 2.24) is 4.98 Å². The number of aromatic nitrogens is 1. The number of nitrogens with zero attached hydrogens (tertiary/aromatic N) is 2. The number of likely N-dealkylation sites (N-methyl/N-ethyl adjacent to an activating group) is 1. The summed E-state index contributed by atoms with van der Waals surface area (Å²) in [4.78, 5) is 5.00. The van der Waals surface area contributed by atoms with Crippen LogP contribution < -0.4 is 4.90 Å². The Kier molecular flexibility index (Phi) is 3.74. The Bertz CT molecular complexity index is 354. The Labute approximate surface area is 91.5 Å². The number of rotatable bonds is 3. The molecule has 0 radical (unpaired) electrons. The standard InChI is InChI=1S/C10H13F3N2O/c1-7(6-16)15(2)9-5-3-4-8(14-9)10(11,12)13/h3-5,7,16H,6H2,1-2H3. The minimum absolute atomic E-state index is 0.144. The van der Waals surface area contributed by atoms with Gasteiger partial charge in [-0.2, -0.15) is 13.2 Å². The van der Waals surface area contributed by atoms with Crippen molar-refractivity contribution < 1.29 is 18.3 Å². The van der Waals surface area contributed by atoms with E-state index >= 15 is 0 Å². The normalized spacial score (nSPS) is 13.6. The van der Waals surface area contributed by atoms with Gasteiger partial charge in [0.05, 0.1) is 12.6 Å². The third-order valence-corrected chi connectivity index (χ3v) is 2.31. The van der Waals surface area contributed by atoms with Gasteiger partial charge in [0.1, 0.15) is 11.5 Å². The molecule has 0 bridgehead atoms. The minimum atomic E-state index is -4.45. The van der Waals surface area contributed by atoms with Crippen LogP contribution in [0.5, 0.6) is 0 Å². The predicted molar refractivity (Wildman–Crippen MR) is 54.2 cm³/mol. The minimum Gasteiger partial charge on any atom is -0.394 e. The molecule has 0 saturated heterocycles. The van der Waals surface area contributed by atoms with Crippen LogP contribution in [0.4, 0.5) is 19.0 Å². The Morgan fingerprint density at radius 3 is 2.56 bits per heavy atom. The maximum Gasteiger partial charge on any atom is 0.433 e. The molecule has 1 unspecified atom stereocenters. The zero-order valence-corrected chi connectivity index (χ0v) is 8.99. The van der Waals surface area contributed by atoms with E-state index in [0.717, 1.165) is 6.07 Å². The second-order valence-corrected chi connectivity index (χ2v) is 3.52. The van der Waals surface area contributed by atoms with Gasteiger partial charge < -0.3 is 10.0 Å². The average molecular weight is 234 g/mol. The van der Waals surface area contributed by atoms with Gasteiger partial charge in [-0.3, -0.25) is 0 Å². The second kappa shape index (κ2) is 4.69. The van der Waals surface area contributed by atoms with Crippen LogP contribution in [0.15, 0.2) is 18.2 Å². The first-order valence-corrected chi connectivity index (χ1v) is 4.74. The number of hydrogen-bond donors (Lipinski definition) is 1. The number of aliphatic hydroxyl groups is 1. The van der Waals surface area contributed by atoms with Crippen LogP contribution >= 0.6 is 0 Å². The second-order valence-electron chi connectivity index (χ2n) is 3.52. The monoisotopic (exact) mass is 234 g/mol. The van der Waals surface area contributed by atoms with E-state index in [9.17, 15) is 13.2 Å². The maximum atomic E-state index is 12.4. The molecule has 6 heteroatoms. The summed E-state index contributed by atoms with van der Waals surface area (Å²) < 4.78 is 37.2. The SMILES string of the molecule is CC(CO)N(C)c1cccc(C(F)(F)F)n1. The summed E-state index contributed by atoms with van der Waals surface area (Å²) >= 11 is 0. The summed E-state index contributed by atoms with van der Waals surface area (Å²) in [6, 6.07) is 3.41. The van der Waals surface area contributed by atoms with Crippen LogP contribution in [0.2, 0.25) is 0 Å². The molecule has 1 aromatic heterocycles. The van der Waals surface area contributed by atoms with E-state index in [1.165, 1.54) is 17.0 Å². The highest BCUT2D eigenvalue weighted by atomic mass is 19.4. The summed E-state index contributed by atoms with van der Waals surface area (Å²) in [5.41, 5.74) is -0.929. The van der Waals surface area contributed by atoms with Gasteiger partial charge >= 0.3 is 6.18 Å². The average Bonchev–Trinajstić information content (AvgIpc) is 2.26. The summed E-state index contributed by atoms with van der Waals surface area (Å²) in [6.07, 6.45) is -4.45. The molecule has 0 aliphatic rings. The van der Waals surface area contributed by atoms with Gasteiger partial charge in [-0.05, 0) is 19.1 Å². The fraction of sp³-hybridized carbons (Fsp3) is 0.500. The third kappa shape index (κ3) is 2.85. The molecule has 3 nitrogen and oxygen atoms in total. The lowest BCUT2D eigenvalue weighted by molar-refractivity contribution is -0.141. The van der Waals surface area contributed by atoms with Crippen LogP contribution in [-0.2, 0) is 6.18 Å². The zero-order chi connectivity index (χ0) is 12.3. The van der Waals surface area contributed by atoms with Crippen molar-refractivity contribution in [1.29, 1.82) is 0 Å². The molecule has 1 aromatic rings. The summed E-state index contributed by atoms with van der Waals surface area (Å²) in [5.74, 6) is 0.191. The number of halogens is 3. The first-order valence-electron chi connectivity index (χ1n) is 4.74. The van der Waals surface area contributed by atoms with Crippen LogP contribution in [0.3, 0.4) is 0 Å². The van der Waals surface area contributed by atoms with Crippen LogP contribution in [0, 0.1) is 0 Å². The van der Waals surface area contributed by atoms with Crippen molar-refractivity contribution >= 4 is 5.82 Å². The molecular weight excluding hydrogens is 221 g/mol. The fourth-order valence-corrected chi connectivity index (χ4v) is 1.13. The van der Waals surface area contributed by atoms with Crippen molar-refractivity contribution in [2.45, 2.75) is 19.1 Å². The van der Waals surface area contributed by atoms with Crippen LogP contribution in [0.25, 0.3) is 0 Å². The molecule has 0 saturated carbocycles. The number of pyridine rings is 1. The molecule has 0 amide bonds. The Balaban J connectivity index is 2.99. The first-order chi connectivity index (χ1) is 7.36. The van der Waals surface area contributed by atoms with Crippen molar-refractivity contribution in [2.24, 2.45) is 0 Å². The van der Waals surface area contributed by atoms with Crippen molar-refractivity contribution in [3.8, 4) is 0 Å². The number of hydrogen-bond acceptors (Lipinski definition) is 3. The zero-order valence-electron chi connectivity index (χ0n) is 8.99. The van der Waals surface area contributed by atoms with Gasteiger partial charge in [-0.15, -0.1) is 0 Å². The first kappa shape index (κ1) is 12.8. The van der Waals surface area contributed by atoms with Crippen molar-refractivity contribution in [3.05, 3.63) is 23.9 Å². The van der Waals surface area contributed by atoms with Crippen molar-refractivity contribution in [2.75, 3.05) is 18.6 Å². The smallest absolute Gasteiger partial charge is 0.394 e. The topological polar surface area (TPSA) is 36.4 Å². The van der Waals surface area contributed by atoms with E-state index in [1.54, 1.807) is 14.0 Å². The predicted octanol–water partition coefficient (Wildman–Crippen LogP) is 1.92. The van der Waals surface area contributed by atoms with E-state index in [0.29, 0.717) is 0 Å². The molecule has 0 aliphatic carbocycles. The number of alkyl halides is 3. The van der Waals surface area contributed by atoms with Gasteiger partial charge in [0.15, 0.2) is 0 Å². The fourth-order valence-electron chi connectivity index (χ4n) is 1.13. The molecule has 0 aliphatic heterocycles. The maximum absolute atomic E-state index is 12.4.